The highest BCUT2D eigenvalue weighted by molar-refractivity contribution is 5.58. The zero-order chi connectivity index (χ0) is 13.3. The quantitative estimate of drug-likeness (QED) is 0.641. The molecule has 0 amide bonds. The maximum atomic E-state index is 13.3. The highest BCUT2D eigenvalue weighted by Crippen LogP contribution is 2.26. The molecule has 0 bridgehead atoms. The molecule has 3 N–H and O–H groups in total. The zero-order valence-electron chi connectivity index (χ0n) is 8.72. The molecule has 2 aromatic rings. The van der Waals surface area contributed by atoms with E-state index in [1.54, 1.807) is 0 Å². The van der Waals surface area contributed by atoms with Crippen molar-refractivity contribution in [3.05, 3.63) is 41.6 Å². The molecule has 0 saturated heterocycles. The third kappa shape index (κ3) is 2.17. The fourth-order valence-electron chi connectivity index (χ4n) is 1.25. The largest absolute Gasteiger partial charge is 0.368 e. The maximum Gasteiger partial charge on any atom is 0.221 e. The number of benzene rings is 1. The molecule has 2 rings (SSSR count). The van der Waals surface area contributed by atoms with E-state index >= 15 is 0 Å². The zero-order valence-corrected chi connectivity index (χ0v) is 8.72. The molecule has 1 aromatic carbocycles. The molecule has 8 heteroatoms. The van der Waals surface area contributed by atoms with Crippen LogP contribution < -0.4 is 11.1 Å². The predicted octanol–water partition coefficient (Wildman–Crippen LogP) is 2.36. The van der Waals surface area contributed by atoms with Gasteiger partial charge < -0.3 is 11.1 Å². The second-order valence-electron chi connectivity index (χ2n) is 3.27. The number of aromatic nitrogens is 2. The van der Waals surface area contributed by atoms with Crippen LogP contribution in [0.15, 0.2) is 18.3 Å². The number of nitrogens with zero attached hydrogens (tertiary/aromatic N) is 2. The van der Waals surface area contributed by atoms with Gasteiger partial charge in [-0.05, 0) is 6.07 Å². The van der Waals surface area contributed by atoms with Crippen LogP contribution in [0.25, 0.3) is 0 Å². The average Bonchev–Trinajstić information content (AvgIpc) is 2.32. The lowest BCUT2D eigenvalue weighted by Crippen LogP contribution is -2.05. The lowest BCUT2D eigenvalue weighted by Gasteiger charge is -2.09. The summed E-state index contributed by atoms with van der Waals surface area (Å²) in [5.74, 6) is -6.38. The van der Waals surface area contributed by atoms with Crippen molar-refractivity contribution >= 4 is 17.5 Å². The number of anilines is 3. The summed E-state index contributed by atoms with van der Waals surface area (Å²) in [5, 5.41) is 2.10. The number of rotatable bonds is 2. The molecule has 1 heterocycles. The first kappa shape index (κ1) is 12.1. The molecule has 0 atom stereocenters. The molecule has 0 fully saturated rings. The summed E-state index contributed by atoms with van der Waals surface area (Å²) >= 11 is 0. The molecule has 18 heavy (non-hydrogen) atoms. The minimum Gasteiger partial charge on any atom is -0.368 e. The summed E-state index contributed by atoms with van der Waals surface area (Å²) in [6, 6.07) is 1.35. The Balaban J connectivity index is 2.46. The Kier molecular flexibility index (Phi) is 3.00. The number of nitrogens with one attached hydrogen (secondary N) is 1. The summed E-state index contributed by atoms with van der Waals surface area (Å²) in [4.78, 5) is 7.14. The van der Waals surface area contributed by atoms with Crippen LogP contribution in [0.4, 0.5) is 35.0 Å². The fraction of sp³-hybridized carbons (Fsp3) is 0. The Labute approximate surface area is 98.5 Å². The molecule has 1 aromatic heterocycles. The summed E-state index contributed by atoms with van der Waals surface area (Å²) in [5.41, 5.74) is 4.27. The molecule has 0 radical (unpaired) electrons. The highest BCUT2D eigenvalue weighted by atomic mass is 19.2. The van der Waals surface area contributed by atoms with Gasteiger partial charge >= 0.3 is 0 Å². The Morgan fingerprint density at radius 3 is 2.22 bits per heavy atom. The number of halogens is 4. The predicted molar refractivity (Wildman–Crippen MR) is 56.0 cm³/mol. The molecular formula is C10H6F4N4. The van der Waals surface area contributed by atoms with Gasteiger partial charge in [-0.25, -0.2) is 22.5 Å². The molecule has 0 unspecified atom stereocenters. The van der Waals surface area contributed by atoms with Crippen LogP contribution in [0, 0.1) is 23.3 Å². The Morgan fingerprint density at radius 2 is 1.67 bits per heavy atom. The average molecular weight is 258 g/mol. The van der Waals surface area contributed by atoms with Crippen LogP contribution in [-0.2, 0) is 0 Å². The molecule has 0 aliphatic carbocycles. The van der Waals surface area contributed by atoms with E-state index in [1.807, 2.05) is 0 Å². The lowest BCUT2D eigenvalue weighted by molar-refractivity contribution is 0.459. The van der Waals surface area contributed by atoms with Crippen molar-refractivity contribution < 1.29 is 17.6 Å². The van der Waals surface area contributed by atoms with Crippen molar-refractivity contribution in [1.82, 2.24) is 9.97 Å². The lowest BCUT2D eigenvalue weighted by atomic mass is 10.2. The Bertz CT molecular complexity index is 576. The first-order chi connectivity index (χ1) is 8.49. The molecule has 0 aliphatic heterocycles. The van der Waals surface area contributed by atoms with Crippen molar-refractivity contribution in [1.29, 1.82) is 0 Å². The summed E-state index contributed by atoms with van der Waals surface area (Å²) in [7, 11) is 0. The first-order valence-electron chi connectivity index (χ1n) is 4.67. The van der Waals surface area contributed by atoms with Gasteiger partial charge in [-0.1, -0.05) is 0 Å². The van der Waals surface area contributed by atoms with Gasteiger partial charge in [0, 0.05) is 12.3 Å². The minimum absolute atomic E-state index is 0.0923. The molecule has 0 spiro atoms. The summed E-state index contributed by atoms with van der Waals surface area (Å²) in [6.45, 7) is 0. The van der Waals surface area contributed by atoms with Gasteiger partial charge in [-0.2, -0.15) is 4.98 Å². The van der Waals surface area contributed by atoms with E-state index in [2.05, 4.69) is 15.3 Å². The first-order valence-corrected chi connectivity index (χ1v) is 4.67. The molecule has 4 nitrogen and oxygen atoms in total. The SMILES string of the molecule is Nc1nccc(Nc2c(F)c(F)cc(F)c2F)n1. The van der Waals surface area contributed by atoms with Crippen LogP contribution in [0.2, 0.25) is 0 Å². The fourth-order valence-corrected chi connectivity index (χ4v) is 1.25. The van der Waals surface area contributed by atoms with Crippen molar-refractivity contribution in [2.45, 2.75) is 0 Å². The maximum absolute atomic E-state index is 13.3. The summed E-state index contributed by atoms with van der Waals surface area (Å²) in [6.07, 6.45) is 1.22. The van der Waals surface area contributed by atoms with E-state index in [1.165, 1.54) is 12.3 Å². The van der Waals surface area contributed by atoms with Crippen molar-refractivity contribution in [2.24, 2.45) is 0 Å². The normalized spacial score (nSPS) is 10.4. The second-order valence-corrected chi connectivity index (χ2v) is 3.27. The molecule has 94 valence electrons. The Morgan fingerprint density at radius 1 is 1.06 bits per heavy atom. The van der Waals surface area contributed by atoms with Gasteiger partial charge in [0.25, 0.3) is 0 Å². The highest BCUT2D eigenvalue weighted by Gasteiger charge is 2.19. The minimum atomic E-state index is -1.55. The monoisotopic (exact) mass is 258 g/mol. The van der Waals surface area contributed by atoms with Gasteiger partial charge in [0.2, 0.25) is 5.95 Å². The van der Waals surface area contributed by atoms with Crippen molar-refractivity contribution in [3.63, 3.8) is 0 Å². The number of nitrogen functional groups attached to an aromatic ring is 1. The van der Waals surface area contributed by atoms with E-state index < -0.39 is 29.0 Å². The van der Waals surface area contributed by atoms with Crippen molar-refractivity contribution in [2.75, 3.05) is 11.1 Å². The van der Waals surface area contributed by atoms with Crippen molar-refractivity contribution in [3.8, 4) is 0 Å². The van der Waals surface area contributed by atoms with E-state index in [9.17, 15) is 17.6 Å². The van der Waals surface area contributed by atoms with Crippen LogP contribution >= 0.6 is 0 Å². The standard InChI is InChI=1S/C10H6F4N4/c11-4-3-5(12)8(14)9(7(4)13)17-6-1-2-16-10(15)18-6/h1-3H,(H3,15,16,17,18). The van der Waals surface area contributed by atoms with E-state index in [0.29, 0.717) is 0 Å². The van der Waals surface area contributed by atoms with Crippen LogP contribution in [0.3, 0.4) is 0 Å². The number of hydrogen-bond acceptors (Lipinski definition) is 4. The van der Waals surface area contributed by atoms with Crippen LogP contribution in [0.5, 0.6) is 0 Å². The molecule has 0 saturated carbocycles. The topological polar surface area (TPSA) is 63.8 Å². The van der Waals surface area contributed by atoms with Gasteiger partial charge in [0.1, 0.15) is 11.5 Å². The molecule has 0 aliphatic rings. The summed E-state index contributed by atoms with van der Waals surface area (Å²) < 4.78 is 52.5. The van der Waals surface area contributed by atoms with E-state index in [0.717, 1.165) is 0 Å². The number of nitrogens with two attached hydrogens (primary N) is 1. The van der Waals surface area contributed by atoms with Gasteiger partial charge in [0.05, 0.1) is 0 Å². The molecular weight excluding hydrogens is 252 g/mol. The van der Waals surface area contributed by atoms with Gasteiger partial charge in [-0.15, -0.1) is 0 Å². The number of hydrogen-bond donors (Lipinski definition) is 2. The third-order valence-corrected chi connectivity index (χ3v) is 2.04. The van der Waals surface area contributed by atoms with Crippen LogP contribution in [0.1, 0.15) is 0 Å². The Hall–Kier alpha value is -2.38. The van der Waals surface area contributed by atoms with E-state index in [-0.39, 0.29) is 17.8 Å². The van der Waals surface area contributed by atoms with Crippen LogP contribution in [-0.4, -0.2) is 9.97 Å². The smallest absolute Gasteiger partial charge is 0.221 e. The van der Waals surface area contributed by atoms with Gasteiger partial charge in [0.15, 0.2) is 23.3 Å². The van der Waals surface area contributed by atoms with Gasteiger partial charge in [-0.3, -0.25) is 0 Å². The second kappa shape index (κ2) is 4.47. The van der Waals surface area contributed by atoms with E-state index in [4.69, 9.17) is 5.73 Å². The third-order valence-electron chi connectivity index (χ3n) is 2.04.